The van der Waals surface area contributed by atoms with E-state index in [1.54, 1.807) is 13.8 Å². The zero-order valence-corrected chi connectivity index (χ0v) is 17.6. The molecule has 0 unspecified atom stereocenters. The zero-order valence-electron chi connectivity index (χ0n) is 17.6. The maximum atomic E-state index is 13.0. The minimum absolute atomic E-state index is 0.0764. The molecule has 1 aliphatic rings. The third-order valence-corrected chi connectivity index (χ3v) is 5.14. The lowest BCUT2D eigenvalue weighted by Gasteiger charge is -2.24. The van der Waals surface area contributed by atoms with E-state index >= 15 is 0 Å². The fraction of sp³-hybridized carbons (Fsp3) is 0.600. The number of rotatable bonds is 8. The van der Waals surface area contributed by atoms with Gasteiger partial charge in [0.15, 0.2) is 0 Å². The fourth-order valence-electron chi connectivity index (χ4n) is 3.54. The van der Waals surface area contributed by atoms with Gasteiger partial charge in [-0.05, 0) is 43.9 Å². The largest absolute Gasteiger partial charge is 0.471 e. The number of nitriles is 1. The topological polar surface area (TPSA) is 136 Å². The molecule has 9 nitrogen and oxygen atoms in total. The van der Waals surface area contributed by atoms with Crippen molar-refractivity contribution in [1.82, 2.24) is 15.2 Å². The van der Waals surface area contributed by atoms with Gasteiger partial charge in [-0.3, -0.25) is 19.7 Å². The number of carbonyl (C=O) groups excluding carboxylic acids is 2. The lowest BCUT2D eigenvalue weighted by molar-refractivity contribution is -0.167. The van der Waals surface area contributed by atoms with E-state index < -0.39 is 47.5 Å². The molecule has 0 radical (unpaired) electrons. The van der Waals surface area contributed by atoms with Crippen LogP contribution in [0.25, 0.3) is 0 Å². The van der Waals surface area contributed by atoms with Crippen molar-refractivity contribution >= 4 is 17.5 Å². The van der Waals surface area contributed by atoms with Crippen LogP contribution in [0.15, 0.2) is 23.1 Å². The van der Waals surface area contributed by atoms with Crippen molar-refractivity contribution < 1.29 is 27.9 Å². The Morgan fingerprint density at radius 1 is 1.41 bits per heavy atom. The summed E-state index contributed by atoms with van der Waals surface area (Å²) < 4.78 is 38.6. The average molecular weight is 457 g/mol. The lowest BCUT2D eigenvalue weighted by atomic mass is 9.97. The first-order valence-corrected chi connectivity index (χ1v) is 10.1. The fourth-order valence-corrected chi connectivity index (χ4v) is 3.54. The van der Waals surface area contributed by atoms with Crippen LogP contribution in [-0.4, -0.2) is 46.5 Å². The summed E-state index contributed by atoms with van der Waals surface area (Å²) in [5.41, 5.74) is -1.59. The molecule has 4 atom stereocenters. The van der Waals surface area contributed by atoms with E-state index in [1.807, 2.05) is 6.07 Å². The second-order valence-electron chi connectivity index (χ2n) is 8.11. The summed E-state index contributed by atoms with van der Waals surface area (Å²) in [7, 11) is 0. The van der Waals surface area contributed by atoms with Crippen LogP contribution >= 0.6 is 0 Å². The number of nitrogens with zero attached hydrogens (tertiary/aromatic N) is 2. The Bertz CT molecular complexity index is 925. The van der Waals surface area contributed by atoms with Gasteiger partial charge < -0.3 is 20.3 Å². The number of halogens is 3. The van der Waals surface area contributed by atoms with Crippen LogP contribution in [-0.2, 0) is 9.59 Å². The molecule has 1 aliphatic heterocycles. The molecule has 0 saturated carbocycles. The van der Waals surface area contributed by atoms with Crippen molar-refractivity contribution in [3.05, 3.63) is 28.7 Å². The second-order valence-corrected chi connectivity index (χ2v) is 8.11. The number of amides is 2. The van der Waals surface area contributed by atoms with Crippen molar-refractivity contribution in [2.24, 2.45) is 11.8 Å². The van der Waals surface area contributed by atoms with Gasteiger partial charge in [-0.2, -0.15) is 18.4 Å². The normalized spacial score (nSPS) is 20.4. The first kappa shape index (κ1) is 25.4. The SMILES string of the molecule is CC(C)C[C@@H](C(=O)N[C@H](C#N)C[C@@H]1CCN[C@H]1O)n1cccc(NC(=O)C(F)(F)F)c1=O. The minimum Gasteiger partial charge on any atom is -0.378 e. The number of aromatic nitrogens is 1. The molecule has 1 fully saturated rings. The highest BCUT2D eigenvalue weighted by atomic mass is 19.4. The molecular weight excluding hydrogens is 431 g/mol. The standard InChI is InChI=1S/C20H26F3N5O4/c1-11(2)8-15(17(30)26-13(10-24)9-12-5-6-25-16(12)29)28-7-3-4-14(18(28)31)27-19(32)20(21,22)23/h3-4,7,11-13,15-16,25,29H,5-6,8-9H2,1-2H3,(H,26,30)(H,27,32)/t12-,13-,15-,16-/m0/s1. The smallest absolute Gasteiger partial charge is 0.378 e. The Balaban J connectivity index is 2.26. The van der Waals surface area contributed by atoms with E-state index in [1.165, 1.54) is 17.6 Å². The average Bonchev–Trinajstić information content (AvgIpc) is 3.10. The van der Waals surface area contributed by atoms with Crippen LogP contribution in [0.2, 0.25) is 0 Å². The van der Waals surface area contributed by atoms with Crippen molar-refractivity contribution in [2.75, 3.05) is 11.9 Å². The Morgan fingerprint density at radius 2 is 2.09 bits per heavy atom. The molecule has 12 heteroatoms. The molecule has 0 bridgehead atoms. The molecule has 4 N–H and O–H groups in total. The molecule has 1 aromatic rings. The van der Waals surface area contributed by atoms with Gasteiger partial charge in [0.1, 0.15) is 24.0 Å². The summed E-state index contributed by atoms with van der Waals surface area (Å²) in [5.74, 6) is -3.27. The Labute approximate surface area is 182 Å². The van der Waals surface area contributed by atoms with E-state index in [9.17, 15) is 37.9 Å². The van der Waals surface area contributed by atoms with Crippen LogP contribution in [0.1, 0.15) is 39.2 Å². The van der Waals surface area contributed by atoms with Crippen molar-refractivity contribution in [3.63, 3.8) is 0 Å². The Hall–Kier alpha value is -2.91. The van der Waals surface area contributed by atoms with Gasteiger partial charge >= 0.3 is 12.1 Å². The van der Waals surface area contributed by atoms with E-state index in [-0.39, 0.29) is 24.7 Å². The van der Waals surface area contributed by atoms with E-state index in [2.05, 4.69) is 10.6 Å². The summed E-state index contributed by atoms with van der Waals surface area (Å²) in [5, 5.41) is 26.2. The van der Waals surface area contributed by atoms with Crippen molar-refractivity contribution in [3.8, 4) is 6.07 Å². The van der Waals surface area contributed by atoms with Gasteiger partial charge in [-0.25, -0.2) is 0 Å². The molecular formula is C20H26F3N5O4. The predicted octanol–water partition coefficient (Wildman–Crippen LogP) is 1.26. The maximum Gasteiger partial charge on any atom is 0.471 e. The summed E-state index contributed by atoms with van der Waals surface area (Å²) in [6, 6.07) is 2.18. The molecule has 176 valence electrons. The third-order valence-electron chi connectivity index (χ3n) is 5.14. The molecule has 0 spiro atoms. The summed E-state index contributed by atoms with van der Waals surface area (Å²) in [6.07, 6.45) is -3.74. The van der Waals surface area contributed by atoms with E-state index in [0.717, 1.165) is 10.6 Å². The quantitative estimate of drug-likeness (QED) is 0.464. The van der Waals surface area contributed by atoms with Gasteiger partial charge in [-0.1, -0.05) is 13.8 Å². The van der Waals surface area contributed by atoms with Crippen LogP contribution in [0, 0.1) is 23.2 Å². The van der Waals surface area contributed by atoms with Crippen LogP contribution in [0.4, 0.5) is 18.9 Å². The highest BCUT2D eigenvalue weighted by molar-refractivity contribution is 5.94. The number of pyridine rings is 1. The van der Waals surface area contributed by atoms with Gasteiger partial charge in [0.25, 0.3) is 5.56 Å². The molecule has 2 rings (SSSR count). The van der Waals surface area contributed by atoms with Gasteiger partial charge in [0.05, 0.1) is 6.07 Å². The van der Waals surface area contributed by atoms with Crippen LogP contribution in [0.5, 0.6) is 0 Å². The molecule has 0 aliphatic carbocycles. The molecule has 1 saturated heterocycles. The van der Waals surface area contributed by atoms with Crippen molar-refractivity contribution in [2.45, 2.75) is 57.6 Å². The van der Waals surface area contributed by atoms with Crippen LogP contribution in [0.3, 0.4) is 0 Å². The minimum atomic E-state index is -5.18. The molecule has 32 heavy (non-hydrogen) atoms. The Morgan fingerprint density at radius 3 is 2.62 bits per heavy atom. The Kier molecular flexibility index (Phi) is 8.40. The van der Waals surface area contributed by atoms with Crippen molar-refractivity contribution in [1.29, 1.82) is 5.26 Å². The van der Waals surface area contributed by atoms with E-state index in [0.29, 0.717) is 13.0 Å². The highest BCUT2D eigenvalue weighted by Gasteiger charge is 2.39. The lowest BCUT2D eigenvalue weighted by Crippen LogP contribution is -2.44. The van der Waals surface area contributed by atoms with Gasteiger partial charge in [0, 0.05) is 12.1 Å². The predicted molar refractivity (Wildman–Crippen MR) is 108 cm³/mol. The number of aliphatic hydroxyl groups excluding tert-OH is 1. The number of carbonyl (C=O) groups is 2. The third kappa shape index (κ3) is 6.54. The molecule has 1 aromatic heterocycles. The monoisotopic (exact) mass is 457 g/mol. The number of alkyl halides is 3. The first-order valence-electron chi connectivity index (χ1n) is 10.1. The molecule has 0 aromatic carbocycles. The summed E-state index contributed by atoms with van der Waals surface area (Å²) in [6.45, 7) is 4.17. The second kappa shape index (κ2) is 10.6. The number of aliphatic hydroxyl groups is 1. The molecule has 2 heterocycles. The van der Waals surface area contributed by atoms with Gasteiger partial charge in [0.2, 0.25) is 5.91 Å². The zero-order chi connectivity index (χ0) is 24.1. The maximum absolute atomic E-state index is 13.0. The molecule has 2 amide bonds. The first-order chi connectivity index (χ1) is 14.9. The summed E-state index contributed by atoms with van der Waals surface area (Å²) in [4.78, 5) is 36.9. The highest BCUT2D eigenvalue weighted by Crippen LogP contribution is 2.22. The van der Waals surface area contributed by atoms with E-state index in [4.69, 9.17) is 0 Å². The number of hydrogen-bond acceptors (Lipinski definition) is 6. The number of hydrogen-bond donors (Lipinski definition) is 4. The summed E-state index contributed by atoms with van der Waals surface area (Å²) >= 11 is 0. The van der Waals surface area contributed by atoms with Crippen LogP contribution < -0.4 is 21.5 Å². The van der Waals surface area contributed by atoms with Gasteiger partial charge in [-0.15, -0.1) is 0 Å². The number of anilines is 1. The number of nitrogens with one attached hydrogen (secondary N) is 3.